The summed E-state index contributed by atoms with van der Waals surface area (Å²) in [4.78, 5) is 30.0. The van der Waals surface area contributed by atoms with E-state index in [1.807, 2.05) is 43.3 Å². The molecule has 3 rings (SSSR count). The Balaban J connectivity index is 1.44. The van der Waals surface area contributed by atoms with Crippen molar-refractivity contribution in [2.75, 3.05) is 18.1 Å². The number of hydrogen-bond acceptors (Lipinski definition) is 4. The molecule has 130 valence electrons. The third kappa shape index (κ3) is 4.22. The molecule has 6 nitrogen and oxygen atoms in total. The minimum Gasteiger partial charge on any atom is -0.362 e. The molecule has 0 radical (unpaired) electrons. The molecule has 2 aromatic rings. The summed E-state index contributed by atoms with van der Waals surface area (Å²) >= 11 is 0. The van der Waals surface area contributed by atoms with E-state index in [1.54, 1.807) is 17.3 Å². The molecule has 0 saturated heterocycles. The van der Waals surface area contributed by atoms with Gasteiger partial charge >= 0.3 is 0 Å². The molecular formula is C19H21N3O3. The van der Waals surface area contributed by atoms with Gasteiger partial charge in [-0.05, 0) is 36.6 Å². The van der Waals surface area contributed by atoms with E-state index in [0.717, 1.165) is 23.2 Å². The zero-order valence-corrected chi connectivity index (χ0v) is 14.1. The van der Waals surface area contributed by atoms with Gasteiger partial charge in [0.05, 0.1) is 0 Å². The molecule has 0 aliphatic carbocycles. The van der Waals surface area contributed by atoms with Crippen LogP contribution in [-0.4, -0.2) is 36.1 Å². The number of amides is 2. The maximum Gasteiger partial charge on any atom is 0.253 e. The van der Waals surface area contributed by atoms with E-state index in [0.29, 0.717) is 6.54 Å². The summed E-state index contributed by atoms with van der Waals surface area (Å²) in [5.74, 6) is -0.385. The van der Waals surface area contributed by atoms with Crippen LogP contribution in [-0.2, 0) is 27.3 Å². The highest BCUT2D eigenvalue weighted by Gasteiger charge is 2.30. The van der Waals surface area contributed by atoms with Crippen molar-refractivity contribution in [3.05, 3.63) is 59.9 Å². The number of anilines is 1. The van der Waals surface area contributed by atoms with Crippen LogP contribution in [0.2, 0.25) is 0 Å². The predicted molar refractivity (Wildman–Crippen MR) is 94.0 cm³/mol. The number of fused-ring (bicyclic) bond motifs is 1. The van der Waals surface area contributed by atoms with Gasteiger partial charge in [-0.3, -0.25) is 14.6 Å². The smallest absolute Gasteiger partial charge is 0.253 e. The highest BCUT2D eigenvalue weighted by Crippen LogP contribution is 2.31. The molecular weight excluding hydrogens is 318 g/mol. The molecule has 0 bridgehead atoms. The van der Waals surface area contributed by atoms with Crippen molar-refractivity contribution in [1.82, 2.24) is 10.3 Å². The number of rotatable bonds is 6. The Morgan fingerprint density at radius 2 is 2.08 bits per heavy atom. The fraction of sp³-hybridized carbons (Fsp3) is 0.316. The molecule has 25 heavy (non-hydrogen) atoms. The highest BCUT2D eigenvalue weighted by molar-refractivity contribution is 5.97. The number of carbonyl (C=O) groups excluding carboxylic acids is 2. The molecule has 1 N–H and O–H groups in total. The Kier molecular flexibility index (Phi) is 5.40. The second kappa shape index (κ2) is 7.90. The Morgan fingerprint density at radius 1 is 1.24 bits per heavy atom. The summed E-state index contributed by atoms with van der Waals surface area (Å²) in [5.41, 5.74) is 3.01. The molecule has 1 aromatic heterocycles. The van der Waals surface area contributed by atoms with Gasteiger partial charge in [-0.2, -0.15) is 0 Å². The molecule has 1 aliphatic rings. The molecule has 1 atom stereocenters. The molecule has 0 saturated carbocycles. The van der Waals surface area contributed by atoms with E-state index in [-0.39, 0.29) is 31.1 Å². The molecule has 0 spiro atoms. The van der Waals surface area contributed by atoms with Crippen molar-refractivity contribution >= 4 is 17.5 Å². The monoisotopic (exact) mass is 339 g/mol. The lowest BCUT2D eigenvalue weighted by atomic mass is 10.1. The van der Waals surface area contributed by atoms with Crippen LogP contribution in [0, 0.1) is 0 Å². The zero-order valence-electron chi connectivity index (χ0n) is 14.1. The first-order chi connectivity index (χ1) is 12.1. The highest BCUT2D eigenvalue weighted by atomic mass is 16.5. The van der Waals surface area contributed by atoms with Gasteiger partial charge in [-0.1, -0.05) is 24.3 Å². The zero-order chi connectivity index (χ0) is 17.6. The lowest BCUT2D eigenvalue weighted by Gasteiger charge is -2.22. The number of nitrogens with zero attached hydrogens (tertiary/aromatic N) is 2. The minimum absolute atomic E-state index is 0.105. The van der Waals surface area contributed by atoms with Gasteiger partial charge in [-0.25, -0.2) is 0 Å². The van der Waals surface area contributed by atoms with Crippen molar-refractivity contribution in [2.24, 2.45) is 0 Å². The van der Waals surface area contributed by atoms with Crippen molar-refractivity contribution in [3.63, 3.8) is 0 Å². The number of hydrogen-bond donors (Lipinski definition) is 1. The normalized spacial score (nSPS) is 15.7. The summed E-state index contributed by atoms with van der Waals surface area (Å²) in [7, 11) is 0. The Labute approximate surface area is 146 Å². The third-order valence-corrected chi connectivity index (χ3v) is 4.15. The Morgan fingerprint density at radius 3 is 2.88 bits per heavy atom. The number of pyridine rings is 1. The van der Waals surface area contributed by atoms with Crippen LogP contribution in [0.5, 0.6) is 0 Å². The quantitative estimate of drug-likeness (QED) is 0.869. The van der Waals surface area contributed by atoms with Crippen molar-refractivity contribution < 1.29 is 14.3 Å². The van der Waals surface area contributed by atoms with Gasteiger partial charge in [0.15, 0.2) is 0 Å². The fourth-order valence-electron chi connectivity index (χ4n) is 3.00. The van der Waals surface area contributed by atoms with Gasteiger partial charge in [0.2, 0.25) is 5.91 Å². The summed E-state index contributed by atoms with van der Waals surface area (Å²) in [6.45, 7) is 2.15. The maximum atomic E-state index is 12.4. The average molecular weight is 339 g/mol. The van der Waals surface area contributed by atoms with E-state index in [1.165, 1.54) is 0 Å². The lowest BCUT2D eigenvalue weighted by molar-refractivity contribution is -0.129. The molecule has 6 heteroatoms. The van der Waals surface area contributed by atoms with Gasteiger partial charge in [0.25, 0.3) is 5.91 Å². The van der Waals surface area contributed by atoms with Crippen LogP contribution in [0.15, 0.2) is 48.8 Å². The Hall–Kier alpha value is -2.73. The predicted octanol–water partition coefficient (Wildman–Crippen LogP) is 1.69. The van der Waals surface area contributed by atoms with E-state index < -0.39 is 0 Å². The van der Waals surface area contributed by atoms with E-state index in [2.05, 4.69) is 10.3 Å². The van der Waals surface area contributed by atoms with Crippen molar-refractivity contribution in [3.8, 4) is 0 Å². The minimum atomic E-state index is -0.258. The molecule has 1 aromatic carbocycles. The SMILES string of the molecule is C[C@@H]1Cc2ccccc2N1C(=O)COCC(=O)NCc1cccnc1. The number of aromatic nitrogens is 1. The molecule has 0 unspecified atom stereocenters. The van der Waals surface area contributed by atoms with Crippen LogP contribution in [0.3, 0.4) is 0 Å². The molecule has 1 aliphatic heterocycles. The number of para-hydroxylation sites is 1. The average Bonchev–Trinajstić information content (AvgIpc) is 2.96. The first kappa shape index (κ1) is 17.1. The van der Waals surface area contributed by atoms with Gasteiger partial charge in [0.1, 0.15) is 13.2 Å². The largest absolute Gasteiger partial charge is 0.362 e. The number of ether oxygens (including phenoxy) is 1. The fourth-order valence-corrected chi connectivity index (χ4v) is 3.00. The summed E-state index contributed by atoms with van der Waals surface area (Å²) in [6.07, 6.45) is 4.21. The summed E-state index contributed by atoms with van der Waals surface area (Å²) in [6, 6.07) is 11.7. The Bertz CT molecular complexity index is 749. The summed E-state index contributed by atoms with van der Waals surface area (Å²) < 4.78 is 5.30. The molecule has 0 fully saturated rings. The van der Waals surface area contributed by atoms with Crippen molar-refractivity contribution in [1.29, 1.82) is 0 Å². The maximum absolute atomic E-state index is 12.4. The number of nitrogens with one attached hydrogen (secondary N) is 1. The molecule has 2 amide bonds. The van der Waals surface area contributed by atoms with Gasteiger partial charge in [0, 0.05) is 30.7 Å². The van der Waals surface area contributed by atoms with Crippen LogP contribution in [0.4, 0.5) is 5.69 Å². The van der Waals surface area contributed by atoms with Gasteiger partial charge in [-0.15, -0.1) is 0 Å². The lowest BCUT2D eigenvalue weighted by Crippen LogP contribution is -2.39. The number of carbonyl (C=O) groups is 2. The second-order valence-electron chi connectivity index (χ2n) is 6.08. The van der Waals surface area contributed by atoms with E-state index >= 15 is 0 Å². The first-order valence-electron chi connectivity index (χ1n) is 8.28. The summed E-state index contributed by atoms with van der Waals surface area (Å²) in [5, 5.41) is 2.74. The number of benzene rings is 1. The van der Waals surface area contributed by atoms with Crippen LogP contribution < -0.4 is 10.2 Å². The third-order valence-electron chi connectivity index (χ3n) is 4.15. The van der Waals surface area contributed by atoms with Gasteiger partial charge < -0.3 is 15.0 Å². The molecule has 2 heterocycles. The topological polar surface area (TPSA) is 71.5 Å². The van der Waals surface area contributed by atoms with E-state index in [4.69, 9.17) is 4.74 Å². The van der Waals surface area contributed by atoms with Crippen LogP contribution in [0.1, 0.15) is 18.1 Å². The standard InChI is InChI=1S/C19H21N3O3/c1-14-9-16-6-2-3-7-17(16)22(14)19(24)13-25-12-18(23)21-11-15-5-4-8-20-10-15/h2-8,10,14H,9,11-13H2,1H3,(H,21,23)/t14-/m1/s1. The van der Waals surface area contributed by atoms with Crippen molar-refractivity contribution in [2.45, 2.75) is 25.9 Å². The van der Waals surface area contributed by atoms with Crippen LogP contribution in [0.25, 0.3) is 0 Å². The van der Waals surface area contributed by atoms with E-state index in [9.17, 15) is 9.59 Å². The first-order valence-corrected chi connectivity index (χ1v) is 8.28. The second-order valence-corrected chi connectivity index (χ2v) is 6.08. The van der Waals surface area contributed by atoms with Crippen LogP contribution >= 0.6 is 0 Å².